The van der Waals surface area contributed by atoms with Crippen LogP contribution in [0.4, 0.5) is 10.5 Å². The Balaban J connectivity index is 1.30. The van der Waals surface area contributed by atoms with Crippen LogP contribution in [0, 0.1) is 6.92 Å². The molecule has 2 amide bonds. The third-order valence-electron chi connectivity index (χ3n) is 4.78. The summed E-state index contributed by atoms with van der Waals surface area (Å²) in [6.07, 6.45) is 5.07. The van der Waals surface area contributed by atoms with Crippen LogP contribution in [0.15, 0.2) is 53.3 Å². The number of likely N-dealkylation sites (tertiary alicyclic amines) is 1. The molecule has 1 unspecified atom stereocenters. The van der Waals surface area contributed by atoms with Crippen LogP contribution in [0.2, 0.25) is 0 Å². The Bertz CT molecular complexity index is 960. The number of carbonyl (C=O) groups is 1. The lowest BCUT2D eigenvalue weighted by atomic mass is 10.1. The predicted molar refractivity (Wildman–Crippen MR) is 107 cm³/mol. The van der Waals surface area contributed by atoms with Gasteiger partial charge in [0.05, 0.1) is 6.10 Å². The fourth-order valence-corrected chi connectivity index (χ4v) is 3.30. The van der Waals surface area contributed by atoms with Crippen LogP contribution in [0.5, 0.6) is 0 Å². The van der Waals surface area contributed by atoms with Crippen molar-refractivity contribution < 1.29 is 14.1 Å². The summed E-state index contributed by atoms with van der Waals surface area (Å²) in [7, 11) is 0. The lowest BCUT2D eigenvalue weighted by molar-refractivity contribution is -0.00916. The number of piperidine rings is 1. The predicted octanol–water partition coefficient (Wildman–Crippen LogP) is 3.65. The number of amides is 2. The quantitative estimate of drug-likeness (QED) is 0.711. The molecule has 1 aromatic carbocycles. The first-order valence-corrected chi connectivity index (χ1v) is 9.64. The van der Waals surface area contributed by atoms with Crippen molar-refractivity contribution >= 4 is 11.7 Å². The number of rotatable bonds is 5. The van der Waals surface area contributed by atoms with E-state index in [9.17, 15) is 4.79 Å². The minimum atomic E-state index is -0.110. The average Bonchev–Trinajstić information content (AvgIpc) is 3.22. The number of aryl methyl sites for hydroxylation is 1. The third-order valence-corrected chi connectivity index (χ3v) is 4.78. The summed E-state index contributed by atoms with van der Waals surface area (Å²) in [4.78, 5) is 22.7. The van der Waals surface area contributed by atoms with Crippen molar-refractivity contribution in [2.45, 2.75) is 32.5 Å². The van der Waals surface area contributed by atoms with E-state index in [2.05, 4.69) is 20.4 Å². The summed E-state index contributed by atoms with van der Waals surface area (Å²) in [6, 6.07) is 11.3. The number of aromatic nitrogens is 3. The molecule has 8 nitrogen and oxygen atoms in total. The fraction of sp³-hybridized carbons (Fsp3) is 0.333. The molecule has 0 saturated carbocycles. The van der Waals surface area contributed by atoms with Crippen molar-refractivity contribution in [2.24, 2.45) is 0 Å². The molecule has 3 heterocycles. The van der Waals surface area contributed by atoms with E-state index in [1.807, 2.05) is 43.3 Å². The molecule has 8 heteroatoms. The highest BCUT2D eigenvalue weighted by atomic mass is 16.5. The summed E-state index contributed by atoms with van der Waals surface area (Å²) >= 11 is 0. The Morgan fingerprint density at radius 1 is 1.31 bits per heavy atom. The number of nitrogens with one attached hydrogen (secondary N) is 1. The van der Waals surface area contributed by atoms with Crippen molar-refractivity contribution in [1.29, 1.82) is 0 Å². The van der Waals surface area contributed by atoms with Crippen molar-refractivity contribution in [2.75, 3.05) is 18.4 Å². The van der Waals surface area contributed by atoms with Gasteiger partial charge >= 0.3 is 6.03 Å². The second-order valence-electron chi connectivity index (χ2n) is 7.07. The van der Waals surface area contributed by atoms with Crippen LogP contribution in [-0.4, -0.2) is 45.2 Å². The van der Waals surface area contributed by atoms with E-state index in [0.717, 1.165) is 29.7 Å². The van der Waals surface area contributed by atoms with Gasteiger partial charge in [-0.2, -0.15) is 4.98 Å². The van der Waals surface area contributed by atoms with Crippen LogP contribution in [0.1, 0.15) is 24.3 Å². The summed E-state index contributed by atoms with van der Waals surface area (Å²) in [5.74, 6) is 0.923. The van der Waals surface area contributed by atoms with Gasteiger partial charge in [-0.05, 0) is 49.6 Å². The second-order valence-corrected chi connectivity index (χ2v) is 7.07. The van der Waals surface area contributed by atoms with E-state index < -0.39 is 0 Å². The number of urea groups is 1. The highest BCUT2D eigenvalue weighted by Gasteiger charge is 2.25. The molecule has 150 valence electrons. The van der Waals surface area contributed by atoms with E-state index in [-0.39, 0.29) is 18.7 Å². The standard InChI is InChI=1S/C21H23N5O3/c1-15-4-2-5-17(12-15)23-21(27)26-11-3-6-18(13-26)28-14-19-24-20(25-29-19)16-7-9-22-10-8-16/h2,4-5,7-10,12,18H,3,6,11,13-14H2,1H3,(H,23,27). The van der Waals surface area contributed by atoms with Crippen molar-refractivity contribution in [3.05, 3.63) is 60.2 Å². The van der Waals surface area contributed by atoms with Crippen LogP contribution in [-0.2, 0) is 11.3 Å². The van der Waals surface area contributed by atoms with Crippen molar-refractivity contribution in [1.82, 2.24) is 20.0 Å². The number of anilines is 1. The minimum absolute atomic E-state index is 0.0664. The number of benzene rings is 1. The number of nitrogens with zero attached hydrogens (tertiary/aromatic N) is 4. The van der Waals surface area contributed by atoms with E-state index in [4.69, 9.17) is 9.26 Å². The maximum atomic E-state index is 12.6. The van der Waals surface area contributed by atoms with Crippen LogP contribution in [0.3, 0.4) is 0 Å². The smallest absolute Gasteiger partial charge is 0.321 e. The van der Waals surface area contributed by atoms with E-state index in [0.29, 0.717) is 24.8 Å². The summed E-state index contributed by atoms with van der Waals surface area (Å²) in [5.41, 5.74) is 2.74. The normalized spacial score (nSPS) is 16.6. The molecule has 2 aromatic heterocycles. The van der Waals surface area contributed by atoms with Crippen molar-refractivity contribution in [3.8, 4) is 11.4 Å². The molecule has 0 radical (unpaired) electrons. The number of carbonyl (C=O) groups excluding carboxylic acids is 1. The molecular weight excluding hydrogens is 370 g/mol. The molecule has 1 atom stereocenters. The van der Waals surface area contributed by atoms with Crippen LogP contribution < -0.4 is 5.32 Å². The molecule has 3 aromatic rings. The molecule has 1 fully saturated rings. The maximum absolute atomic E-state index is 12.6. The minimum Gasteiger partial charge on any atom is -0.367 e. The zero-order chi connectivity index (χ0) is 20.1. The topological polar surface area (TPSA) is 93.4 Å². The maximum Gasteiger partial charge on any atom is 0.321 e. The molecule has 1 aliphatic rings. The summed E-state index contributed by atoms with van der Waals surface area (Å²) in [6.45, 7) is 3.46. The Morgan fingerprint density at radius 2 is 2.17 bits per heavy atom. The Kier molecular flexibility index (Phi) is 5.81. The molecule has 1 N–H and O–H groups in total. The Labute approximate surface area is 168 Å². The number of hydrogen-bond acceptors (Lipinski definition) is 6. The highest BCUT2D eigenvalue weighted by Crippen LogP contribution is 2.18. The first-order chi connectivity index (χ1) is 14.2. The van der Waals surface area contributed by atoms with E-state index in [1.54, 1.807) is 17.3 Å². The first kappa shape index (κ1) is 19.1. The second kappa shape index (κ2) is 8.83. The molecule has 1 saturated heterocycles. The molecule has 29 heavy (non-hydrogen) atoms. The zero-order valence-electron chi connectivity index (χ0n) is 16.2. The average molecular weight is 393 g/mol. The van der Waals surface area contributed by atoms with Gasteiger partial charge in [-0.15, -0.1) is 0 Å². The van der Waals surface area contributed by atoms with Gasteiger partial charge in [-0.3, -0.25) is 4.98 Å². The van der Waals surface area contributed by atoms with Gasteiger partial charge in [0.15, 0.2) is 0 Å². The molecule has 1 aliphatic heterocycles. The Hall–Kier alpha value is -3.26. The lowest BCUT2D eigenvalue weighted by Gasteiger charge is -2.32. The molecule has 0 bridgehead atoms. The first-order valence-electron chi connectivity index (χ1n) is 9.64. The SMILES string of the molecule is Cc1cccc(NC(=O)N2CCCC(OCc3nc(-c4ccncc4)no3)C2)c1. The number of ether oxygens (including phenoxy) is 1. The van der Waals surface area contributed by atoms with Gasteiger partial charge in [-0.1, -0.05) is 17.3 Å². The summed E-state index contributed by atoms with van der Waals surface area (Å²) < 4.78 is 11.2. The largest absolute Gasteiger partial charge is 0.367 e. The summed E-state index contributed by atoms with van der Waals surface area (Å²) in [5, 5.41) is 6.93. The lowest BCUT2D eigenvalue weighted by Crippen LogP contribution is -2.45. The van der Waals surface area contributed by atoms with Gasteiger partial charge < -0.3 is 19.5 Å². The third kappa shape index (κ3) is 4.97. The zero-order valence-corrected chi connectivity index (χ0v) is 16.2. The Morgan fingerprint density at radius 3 is 3.00 bits per heavy atom. The van der Waals surface area contributed by atoms with E-state index in [1.165, 1.54) is 0 Å². The van der Waals surface area contributed by atoms with Gasteiger partial charge in [0, 0.05) is 36.7 Å². The monoisotopic (exact) mass is 393 g/mol. The van der Waals surface area contributed by atoms with Crippen LogP contribution >= 0.6 is 0 Å². The highest BCUT2D eigenvalue weighted by molar-refractivity contribution is 5.89. The van der Waals surface area contributed by atoms with Crippen LogP contribution in [0.25, 0.3) is 11.4 Å². The fourth-order valence-electron chi connectivity index (χ4n) is 3.30. The number of hydrogen-bond donors (Lipinski definition) is 1. The molecular formula is C21H23N5O3. The van der Waals surface area contributed by atoms with Gasteiger partial charge in [0.2, 0.25) is 5.82 Å². The van der Waals surface area contributed by atoms with Gasteiger partial charge in [0.25, 0.3) is 5.89 Å². The number of pyridine rings is 1. The van der Waals surface area contributed by atoms with Gasteiger partial charge in [-0.25, -0.2) is 4.79 Å². The van der Waals surface area contributed by atoms with Gasteiger partial charge in [0.1, 0.15) is 6.61 Å². The van der Waals surface area contributed by atoms with E-state index >= 15 is 0 Å². The molecule has 0 aliphatic carbocycles. The molecule has 0 spiro atoms. The molecule has 4 rings (SSSR count). The van der Waals surface area contributed by atoms with Crippen molar-refractivity contribution in [3.63, 3.8) is 0 Å².